The highest BCUT2D eigenvalue weighted by atomic mass is 16.5. The van der Waals surface area contributed by atoms with Crippen LogP contribution in [0.2, 0.25) is 0 Å². The maximum Gasteiger partial charge on any atom is 0.308 e. The Labute approximate surface area is 157 Å². The second kappa shape index (κ2) is 9.49. The van der Waals surface area contributed by atoms with Crippen molar-refractivity contribution in [1.29, 1.82) is 0 Å². The van der Waals surface area contributed by atoms with Gasteiger partial charge in [-0.25, -0.2) is 0 Å². The Hall–Kier alpha value is -3.19. The van der Waals surface area contributed by atoms with E-state index in [1.165, 1.54) is 6.92 Å². The van der Waals surface area contributed by atoms with Gasteiger partial charge in [0.15, 0.2) is 0 Å². The van der Waals surface area contributed by atoms with Gasteiger partial charge in [-0.2, -0.15) is 0 Å². The highest BCUT2D eigenvalue weighted by Crippen LogP contribution is 2.22. The minimum Gasteiger partial charge on any atom is -0.481 e. The van der Waals surface area contributed by atoms with Gasteiger partial charge in [-0.1, -0.05) is 18.2 Å². The molecule has 2 aromatic rings. The fourth-order valence-corrected chi connectivity index (χ4v) is 2.52. The van der Waals surface area contributed by atoms with Gasteiger partial charge in [0.1, 0.15) is 5.75 Å². The fourth-order valence-electron chi connectivity index (χ4n) is 2.52. The normalized spacial score (nSPS) is 10.3. The minimum atomic E-state index is -0.817. The van der Waals surface area contributed by atoms with Crippen LogP contribution in [0.1, 0.15) is 41.3 Å². The zero-order chi connectivity index (χ0) is 19.8. The van der Waals surface area contributed by atoms with Crippen molar-refractivity contribution < 1.29 is 24.2 Å². The molecule has 142 valence electrons. The number of esters is 1. The number of nitrogens with one attached hydrogen (secondary N) is 1. The van der Waals surface area contributed by atoms with Crippen molar-refractivity contribution in [2.24, 2.45) is 5.73 Å². The van der Waals surface area contributed by atoms with Crippen molar-refractivity contribution in [3.8, 4) is 5.75 Å². The third-order valence-electron chi connectivity index (χ3n) is 3.85. The van der Waals surface area contributed by atoms with Crippen LogP contribution in [0.15, 0.2) is 42.5 Å². The van der Waals surface area contributed by atoms with Crippen LogP contribution in [-0.4, -0.2) is 23.0 Å². The summed E-state index contributed by atoms with van der Waals surface area (Å²) in [7, 11) is 0. The van der Waals surface area contributed by atoms with E-state index in [9.17, 15) is 14.4 Å². The lowest BCUT2D eigenvalue weighted by atomic mass is 10.1. The summed E-state index contributed by atoms with van der Waals surface area (Å²) in [6, 6.07) is 12.0. The SMILES string of the molecule is CC(=O)Oc1ccc(CN)cc1C(=O)Nc1ccc(CCCC(=O)O)cc1. The first-order valence-corrected chi connectivity index (χ1v) is 8.52. The molecule has 7 nitrogen and oxygen atoms in total. The lowest BCUT2D eigenvalue weighted by molar-refractivity contribution is -0.137. The number of nitrogens with two attached hydrogens (primary N) is 1. The lowest BCUT2D eigenvalue weighted by Crippen LogP contribution is -2.15. The molecule has 2 aromatic carbocycles. The average Bonchev–Trinajstić information content (AvgIpc) is 2.62. The Bertz CT molecular complexity index is 831. The zero-order valence-electron chi connectivity index (χ0n) is 15.0. The Morgan fingerprint density at radius 2 is 1.74 bits per heavy atom. The van der Waals surface area contributed by atoms with Gasteiger partial charge in [0.05, 0.1) is 5.56 Å². The number of hydrogen-bond acceptors (Lipinski definition) is 5. The summed E-state index contributed by atoms with van der Waals surface area (Å²) in [4.78, 5) is 34.4. The number of aryl methyl sites for hydroxylation is 1. The molecule has 2 rings (SSSR count). The zero-order valence-corrected chi connectivity index (χ0v) is 15.0. The van der Waals surface area contributed by atoms with Gasteiger partial charge < -0.3 is 20.9 Å². The van der Waals surface area contributed by atoms with Crippen molar-refractivity contribution in [2.45, 2.75) is 32.7 Å². The molecular weight excluding hydrogens is 348 g/mol. The number of hydrogen-bond donors (Lipinski definition) is 3. The molecule has 0 spiro atoms. The third kappa shape index (κ3) is 6.23. The number of carbonyl (C=O) groups is 3. The summed E-state index contributed by atoms with van der Waals surface area (Å²) in [5, 5.41) is 11.4. The van der Waals surface area contributed by atoms with Crippen LogP contribution in [0.3, 0.4) is 0 Å². The number of benzene rings is 2. The third-order valence-corrected chi connectivity index (χ3v) is 3.85. The van der Waals surface area contributed by atoms with E-state index in [0.29, 0.717) is 18.5 Å². The number of amides is 1. The Kier molecular flexibility index (Phi) is 7.08. The number of aliphatic carboxylic acids is 1. The largest absolute Gasteiger partial charge is 0.481 e. The predicted molar refractivity (Wildman–Crippen MR) is 101 cm³/mol. The van der Waals surface area contributed by atoms with Gasteiger partial charge in [-0.3, -0.25) is 14.4 Å². The molecule has 0 aromatic heterocycles. The number of rotatable bonds is 8. The standard InChI is InChI=1S/C20H22N2O5/c1-13(23)27-18-10-7-15(12-21)11-17(18)20(26)22-16-8-5-14(6-9-16)3-2-4-19(24)25/h5-11H,2-4,12,21H2,1H3,(H,22,26)(H,24,25). The first-order valence-electron chi connectivity index (χ1n) is 8.52. The van der Waals surface area contributed by atoms with Gasteiger partial charge >= 0.3 is 11.9 Å². The van der Waals surface area contributed by atoms with Gasteiger partial charge in [-0.05, 0) is 48.2 Å². The van der Waals surface area contributed by atoms with Gasteiger partial charge in [0, 0.05) is 25.6 Å². The molecule has 0 saturated carbocycles. The minimum absolute atomic E-state index is 0.120. The number of carboxylic acids is 1. The average molecular weight is 370 g/mol. The van der Waals surface area contributed by atoms with Gasteiger partial charge in [0.25, 0.3) is 5.91 Å². The molecule has 7 heteroatoms. The molecule has 0 heterocycles. The summed E-state index contributed by atoms with van der Waals surface area (Å²) in [6.45, 7) is 1.52. The van der Waals surface area contributed by atoms with E-state index in [4.69, 9.17) is 15.6 Å². The van der Waals surface area contributed by atoms with E-state index in [-0.39, 0.29) is 24.3 Å². The molecule has 0 unspecified atom stereocenters. The smallest absolute Gasteiger partial charge is 0.308 e. The molecule has 0 atom stereocenters. The second-order valence-electron chi connectivity index (χ2n) is 6.03. The van der Waals surface area contributed by atoms with Crippen LogP contribution in [0.5, 0.6) is 5.75 Å². The summed E-state index contributed by atoms with van der Waals surface area (Å²) in [6.07, 6.45) is 1.32. The Morgan fingerprint density at radius 1 is 1.07 bits per heavy atom. The topological polar surface area (TPSA) is 119 Å². The maximum atomic E-state index is 12.6. The maximum absolute atomic E-state index is 12.6. The molecule has 0 radical (unpaired) electrons. The van der Waals surface area contributed by atoms with Crippen LogP contribution in [0.25, 0.3) is 0 Å². The fraction of sp³-hybridized carbons (Fsp3) is 0.250. The number of carbonyl (C=O) groups excluding carboxylic acids is 2. The van der Waals surface area contributed by atoms with Crippen LogP contribution < -0.4 is 15.8 Å². The quantitative estimate of drug-likeness (QED) is 0.486. The van der Waals surface area contributed by atoms with Crippen LogP contribution >= 0.6 is 0 Å². The number of carboxylic acid groups (broad SMARTS) is 1. The molecule has 0 fully saturated rings. The summed E-state index contributed by atoms with van der Waals surface area (Å²) >= 11 is 0. The molecule has 0 saturated heterocycles. The van der Waals surface area contributed by atoms with Crippen molar-refractivity contribution in [2.75, 3.05) is 5.32 Å². The van der Waals surface area contributed by atoms with Crippen molar-refractivity contribution in [3.63, 3.8) is 0 Å². The molecule has 27 heavy (non-hydrogen) atoms. The highest BCUT2D eigenvalue weighted by molar-refractivity contribution is 6.06. The summed E-state index contributed by atoms with van der Waals surface area (Å²) < 4.78 is 5.10. The Balaban J connectivity index is 2.10. The first kappa shape index (κ1) is 20.1. The van der Waals surface area contributed by atoms with Crippen LogP contribution in [-0.2, 0) is 22.6 Å². The second-order valence-corrected chi connectivity index (χ2v) is 6.03. The summed E-state index contributed by atoms with van der Waals surface area (Å²) in [5.41, 5.74) is 8.15. The lowest BCUT2D eigenvalue weighted by Gasteiger charge is -2.11. The molecule has 0 aliphatic rings. The first-order chi connectivity index (χ1) is 12.9. The number of anilines is 1. The predicted octanol–water partition coefficient (Wildman–Crippen LogP) is 2.73. The number of ether oxygens (including phenoxy) is 1. The van der Waals surface area contributed by atoms with E-state index >= 15 is 0 Å². The molecule has 0 aliphatic carbocycles. The molecule has 0 bridgehead atoms. The van der Waals surface area contributed by atoms with Gasteiger partial charge in [-0.15, -0.1) is 0 Å². The molecule has 0 aliphatic heterocycles. The molecule has 4 N–H and O–H groups in total. The van der Waals surface area contributed by atoms with E-state index in [1.807, 2.05) is 12.1 Å². The highest BCUT2D eigenvalue weighted by Gasteiger charge is 2.15. The van der Waals surface area contributed by atoms with Crippen molar-refractivity contribution in [1.82, 2.24) is 0 Å². The van der Waals surface area contributed by atoms with Crippen LogP contribution in [0.4, 0.5) is 5.69 Å². The van der Waals surface area contributed by atoms with Gasteiger partial charge in [0.2, 0.25) is 0 Å². The Morgan fingerprint density at radius 3 is 2.33 bits per heavy atom. The van der Waals surface area contributed by atoms with E-state index < -0.39 is 17.8 Å². The molecular formula is C20H22N2O5. The van der Waals surface area contributed by atoms with E-state index in [2.05, 4.69) is 5.32 Å². The van der Waals surface area contributed by atoms with Crippen molar-refractivity contribution in [3.05, 3.63) is 59.2 Å². The van der Waals surface area contributed by atoms with E-state index in [0.717, 1.165) is 11.1 Å². The van der Waals surface area contributed by atoms with Crippen LogP contribution in [0, 0.1) is 0 Å². The van der Waals surface area contributed by atoms with E-state index in [1.54, 1.807) is 30.3 Å². The monoisotopic (exact) mass is 370 g/mol. The molecule has 1 amide bonds. The van der Waals surface area contributed by atoms with Crippen molar-refractivity contribution >= 4 is 23.5 Å². The summed E-state index contributed by atoms with van der Waals surface area (Å²) in [5.74, 6) is -1.58.